The molecule has 2 aliphatic rings. The van der Waals surface area contributed by atoms with Crippen molar-refractivity contribution in [2.45, 2.75) is 51.4 Å². The van der Waals surface area contributed by atoms with Crippen molar-refractivity contribution in [1.82, 2.24) is 4.90 Å². The molecule has 2 atom stereocenters. The lowest BCUT2D eigenvalue weighted by molar-refractivity contribution is -0.173. The molecule has 0 N–H and O–H groups in total. The Balaban J connectivity index is 1.39. The van der Waals surface area contributed by atoms with E-state index in [4.69, 9.17) is 0 Å². The minimum atomic E-state index is -4.96. The molecule has 0 aliphatic carbocycles. The van der Waals surface area contributed by atoms with Crippen LogP contribution in [0.15, 0.2) is 72.8 Å². The summed E-state index contributed by atoms with van der Waals surface area (Å²) in [6, 6.07) is 14.8. The highest BCUT2D eigenvalue weighted by Gasteiger charge is 2.55. The first-order valence-electron chi connectivity index (χ1n) is 15.1. The molecule has 4 aromatic carbocycles. The van der Waals surface area contributed by atoms with E-state index in [0.29, 0.717) is 5.56 Å². The molecule has 0 bridgehead atoms. The maximum Gasteiger partial charge on any atom is 0.402 e. The minimum absolute atomic E-state index is 0.0389. The second kappa shape index (κ2) is 11.1. The Bertz CT molecular complexity index is 2120. The van der Waals surface area contributed by atoms with Crippen LogP contribution in [-0.4, -0.2) is 47.9 Å². The van der Waals surface area contributed by atoms with Crippen LogP contribution in [0, 0.1) is 20.8 Å². The van der Waals surface area contributed by atoms with Crippen LogP contribution in [0.4, 0.5) is 32.0 Å². The summed E-state index contributed by atoms with van der Waals surface area (Å²) in [7, 11) is 1.22. The third-order valence-electron chi connectivity index (χ3n) is 9.58. The summed E-state index contributed by atoms with van der Waals surface area (Å²) in [5.74, 6) is -5.19. The number of anilines is 1. The fourth-order valence-electron chi connectivity index (χ4n) is 6.75. The van der Waals surface area contributed by atoms with E-state index in [9.17, 15) is 45.5 Å². The van der Waals surface area contributed by atoms with Crippen molar-refractivity contribution in [3.8, 4) is 0 Å². The Morgan fingerprint density at radius 2 is 1.04 bits per heavy atom. The van der Waals surface area contributed by atoms with Gasteiger partial charge in [-0.25, -0.2) is 4.90 Å². The maximum absolute atomic E-state index is 14.9. The third-order valence-corrected chi connectivity index (χ3v) is 9.58. The van der Waals surface area contributed by atoms with Gasteiger partial charge in [0.2, 0.25) is 0 Å². The first-order valence-corrected chi connectivity index (χ1v) is 15.1. The van der Waals surface area contributed by atoms with Gasteiger partial charge in [0, 0.05) is 7.05 Å². The van der Waals surface area contributed by atoms with Crippen LogP contribution in [-0.2, 0) is 5.41 Å². The monoisotopic (exact) mass is 678 g/mol. The zero-order chi connectivity index (χ0) is 36.0. The Labute approximate surface area is 276 Å². The summed E-state index contributed by atoms with van der Waals surface area (Å²) in [5.41, 5.74) is -2.95. The molecule has 0 spiro atoms. The number of hydrogen-bond donors (Lipinski definition) is 0. The van der Waals surface area contributed by atoms with Crippen LogP contribution in [0.3, 0.4) is 0 Å². The molecule has 252 valence electrons. The molecule has 2 heterocycles. The zero-order valence-electron chi connectivity index (χ0n) is 26.8. The molecular formula is C37H28F6N2O4. The van der Waals surface area contributed by atoms with Crippen LogP contribution in [0.25, 0.3) is 0 Å². The number of imide groups is 2. The maximum atomic E-state index is 14.9. The van der Waals surface area contributed by atoms with Crippen molar-refractivity contribution in [1.29, 1.82) is 0 Å². The van der Waals surface area contributed by atoms with Gasteiger partial charge in [-0.1, -0.05) is 42.0 Å². The highest BCUT2D eigenvalue weighted by Crippen LogP contribution is 2.48. The van der Waals surface area contributed by atoms with Gasteiger partial charge in [-0.15, -0.1) is 0 Å². The van der Waals surface area contributed by atoms with E-state index in [1.807, 2.05) is 0 Å². The Morgan fingerprint density at radius 1 is 0.571 bits per heavy atom. The zero-order valence-corrected chi connectivity index (χ0v) is 26.8. The lowest BCUT2D eigenvalue weighted by Gasteiger charge is -2.33. The van der Waals surface area contributed by atoms with Crippen LogP contribution in [0.2, 0.25) is 0 Å². The molecule has 6 rings (SSSR count). The smallest absolute Gasteiger partial charge is 0.277 e. The summed E-state index contributed by atoms with van der Waals surface area (Å²) in [6.07, 6.45) is -9.63. The van der Waals surface area contributed by atoms with E-state index in [2.05, 4.69) is 0 Å². The van der Waals surface area contributed by atoms with Gasteiger partial charge in [-0.05, 0) is 97.5 Å². The molecule has 4 aromatic rings. The van der Waals surface area contributed by atoms with E-state index in [1.54, 1.807) is 26.0 Å². The first kappa shape index (κ1) is 33.6. The van der Waals surface area contributed by atoms with Crippen LogP contribution in [0.5, 0.6) is 0 Å². The topological polar surface area (TPSA) is 74.8 Å². The van der Waals surface area contributed by atoms with Gasteiger partial charge in [-0.3, -0.25) is 24.1 Å². The van der Waals surface area contributed by atoms with Crippen molar-refractivity contribution in [2.75, 3.05) is 11.9 Å². The molecule has 4 amide bonds. The van der Waals surface area contributed by atoms with E-state index >= 15 is 0 Å². The lowest BCUT2D eigenvalue weighted by Crippen LogP contribution is -2.41. The molecule has 49 heavy (non-hydrogen) atoms. The number of benzene rings is 4. The molecular weight excluding hydrogens is 650 g/mol. The van der Waals surface area contributed by atoms with Crippen molar-refractivity contribution in [3.05, 3.63) is 134 Å². The minimum Gasteiger partial charge on any atom is -0.277 e. The standard InChI is InChI=1S/C37H28F6N2O4/c1-18-6-10-24(19(2)14-18)30(36(38,39)40)25-13-9-23(15-20(25)3)45-33(48)27-12-8-22(17-29(27)34(45)49)35(4,37(41,42)43)21-7-11-26-28(16-21)32(47)44(5)31(26)46/h6-17,30H,1-5H3. The van der Waals surface area contributed by atoms with Gasteiger partial charge in [0.25, 0.3) is 23.6 Å². The van der Waals surface area contributed by atoms with Crippen molar-refractivity contribution < 1.29 is 45.5 Å². The SMILES string of the molecule is Cc1ccc(C(c2ccc(N3C(=O)c4ccc(C(C)(c5ccc6c(c5)C(=O)N(C)C6=O)C(F)(F)F)cc4C3=O)cc2C)C(F)(F)F)c(C)c1. The third kappa shape index (κ3) is 5.12. The summed E-state index contributed by atoms with van der Waals surface area (Å²) in [4.78, 5) is 53.6. The summed E-state index contributed by atoms with van der Waals surface area (Å²) >= 11 is 0. The van der Waals surface area contributed by atoms with Gasteiger partial charge in [0.1, 0.15) is 11.3 Å². The molecule has 12 heteroatoms. The number of rotatable bonds is 5. The second-order valence-electron chi connectivity index (χ2n) is 12.6. The molecule has 2 unspecified atom stereocenters. The van der Waals surface area contributed by atoms with Crippen LogP contribution >= 0.6 is 0 Å². The number of alkyl halides is 6. The predicted molar refractivity (Wildman–Crippen MR) is 168 cm³/mol. The predicted octanol–water partition coefficient (Wildman–Crippen LogP) is 8.20. The van der Waals surface area contributed by atoms with Gasteiger partial charge >= 0.3 is 12.4 Å². The number of amides is 4. The quantitative estimate of drug-likeness (QED) is 0.158. The number of fused-ring (bicyclic) bond motifs is 2. The normalized spacial score (nSPS) is 16.6. The fraction of sp³-hybridized carbons (Fsp3) is 0.243. The van der Waals surface area contributed by atoms with E-state index < -0.39 is 52.9 Å². The van der Waals surface area contributed by atoms with Gasteiger partial charge in [0.15, 0.2) is 0 Å². The number of carbonyl (C=O) groups is 4. The molecule has 0 aromatic heterocycles. The lowest BCUT2D eigenvalue weighted by atomic mass is 9.74. The van der Waals surface area contributed by atoms with E-state index in [0.717, 1.165) is 58.7 Å². The number of halogens is 6. The van der Waals surface area contributed by atoms with Gasteiger partial charge < -0.3 is 0 Å². The number of carbonyl (C=O) groups excluding carboxylic acids is 4. The van der Waals surface area contributed by atoms with E-state index in [-0.39, 0.29) is 50.2 Å². The van der Waals surface area contributed by atoms with Crippen LogP contribution in [0.1, 0.15) is 93.2 Å². The van der Waals surface area contributed by atoms with Gasteiger partial charge in [-0.2, -0.15) is 26.3 Å². The first-order chi connectivity index (χ1) is 22.8. The van der Waals surface area contributed by atoms with Crippen LogP contribution < -0.4 is 4.90 Å². The molecule has 0 radical (unpaired) electrons. The van der Waals surface area contributed by atoms with E-state index in [1.165, 1.54) is 38.2 Å². The summed E-state index contributed by atoms with van der Waals surface area (Å²) in [5, 5.41) is 0. The second-order valence-corrected chi connectivity index (χ2v) is 12.6. The van der Waals surface area contributed by atoms with Crippen molar-refractivity contribution in [2.24, 2.45) is 0 Å². The van der Waals surface area contributed by atoms with Crippen molar-refractivity contribution in [3.63, 3.8) is 0 Å². The average molecular weight is 679 g/mol. The summed E-state index contributed by atoms with van der Waals surface area (Å²) in [6.45, 7) is 5.66. The largest absolute Gasteiger partial charge is 0.402 e. The molecule has 6 nitrogen and oxygen atoms in total. The average Bonchev–Trinajstić information content (AvgIpc) is 3.40. The molecule has 0 saturated carbocycles. The Morgan fingerprint density at radius 3 is 1.55 bits per heavy atom. The number of hydrogen-bond acceptors (Lipinski definition) is 4. The number of nitrogens with zero attached hydrogens (tertiary/aromatic N) is 2. The molecule has 0 saturated heterocycles. The van der Waals surface area contributed by atoms with Gasteiger partial charge in [0.05, 0.1) is 27.9 Å². The highest BCUT2D eigenvalue weighted by molar-refractivity contribution is 6.34. The van der Waals surface area contributed by atoms with Crippen molar-refractivity contribution >= 4 is 29.3 Å². The number of aryl methyl sites for hydroxylation is 3. The summed E-state index contributed by atoms with van der Waals surface area (Å²) < 4.78 is 88.3. The Hall–Kier alpha value is -5.26. The Kier molecular flexibility index (Phi) is 7.65. The highest BCUT2D eigenvalue weighted by atomic mass is 19.4. The molecule has 2 aliphatic heterocycles. The molecule has 0 fully saturated rings. The fourth-order valence-corrected chi connectivity index (χ4v) is 6.75.